The van der Waals surface area contributed by atoms with Crippen LogP contribution in [-0.4, -0.2) is 43.2 Å². The molecule has 1 aromatic carbocycles. The van der Waals surface area contributed by atoms with E-state index in [9.17, 15) is 9.59 Å². The summed E-state index contributed by atoms with van der Waals surface area (Å²) < 4.78 is 3.34. The molecule has 0 N–H and O–H groups in total. The Morgan fingerprint density at radius 1 is 1.15 bits per heavy atom. The number of hydrogen-bond donors (Lipinski definition) is 0. The summed E-state index contributed by atoms with van der Waals surface area (Å²) >= 11 is 0. The first kappa shape index (κ1) is 17.5. The van der Waals surface area contributed by atoms with Crippen LogP contribution < -0.4 is 5.56 Å². The van der Waals surface area contributed by atoms with E-state index in [-0.39, 0.29) is 11.5 Å². The van der Waals surface area contributed by atoms with E-state index >= 15 is 0 Å². The Balaban J connectivity index is 1.70. The van der Waals surface area contributed by atoms with Crippen molar-refractivity contribution in [2.75, 3.05) is 13.1 Å². The van der Waals surface area contributed by atoms with Crippen LogP contribution in [0.2, 0.25) is 0 Å². The number of para-hydroxylation sites is 1. The predicted octanol–water partition coefficient (Wildman–Crippen LogP) is 1.98. The van der Waals surface area contributed by atoms with Crippen molar-refractivity contribution in [1.29, 1.82) is 0 Å². The maximum atomic E-state index is 12.8. The third-order valence-electron chi connectivity index (χ3n) is 5.16. The van der Waals surface area contributed by atoms with Crippen molar-refractivity contribution in [3.05, 3.63) is 52.1 Å². The summed E-state index contributed by atoms with van der Waals surface area (Å²) in [6.07, 6.45) is 2.80. The zero-order valence-corrected chi connectivity index (χ0v) is 15.7. The number of rotatable bonds is 4. The van der Waals surface area contributed by atoms with Gasteiger partial charge in [-0.25, -0.2) is 9.67 Å². The molecule has 3 heterocycles. The second kappa shape index (κ2) is 6.98. The molecule has 7 nitrogen and oxygen atoms in total. The fraction of sp³-hybridized carbons (Fsp3) is 0.400. The van der Waals surface area contributed by atoms with Crippen LogP contribution in [0, 0.1) is 6.92 Å². The Hall–Kier alpha value is -2.96. The van der Waals surface area contributed by atoms with E-state index in [0.717, 1.165) is 37.3 Å². The van der Waals surface area contributed by atoms with Crippen LogP contribution in [0.1, 0.15) is 30.7 Å². The fourth-order valence-electron chi connectivity index (χ4n) is 3.67. The number of fused-ring (bicyclic) bond motifs is 1. The van der Waals surface area contributed by atoms with Gasteiger partial charge in [-0.1, -0.05) is 18.2 Å². The molecule has 0 atom stereocenters. The molecule has 0 aliphatic carbocycles. The summed E-state index contributed by atoms with van der Waals surface area (Å²) in [5.74, 6) is 0.105. The van der Waals surface area contributed by atoms with Gasteiger partial charge in [-0.05, 0) is 31.9 Å². The van der Waals surface area contributed by atoms with Gasteiger partial charge in [0.15, 0.2) is 5.65 Å². The summed E-state index contributed by atoms with van der Waals surface area (Å²) in [5.41, 5.74) is 3.26. The number of likely N-dealkylation sites (tertiary alicyclic amines) is 1. The van der Waals surface area contributed by atoms with E-state index in [4.69, 9.17) is 0 Å². The highest BCUT2D eigenvalue weighted by Crippen LogP contribution is 2.19. The van der Waals surface area contributed by atoms with E-state index in [1.807, 2.05) is 42.2 Å². The Labute approximate surface area is 157 Å². The van der Waals surface area contributed by atoms with Crippen LogP contribution in [0.3, 0.4) is 0 Å². The van der Waals surface area contributed by atoms with Crippen LogP contribution in [-0.2, 0) is 18.3 Å². The van der Waals surface area contributed by atoms with Gasteiger partial charge < -0.3 is 4.90 Å². The molecule has 3 aromatic rings. The lowest BCUT2D eigenvalue weighted by Crippen LogP contribution is -2.30. The van der Waals surface area contributed by atoms with Crippen LogP contribution in [0.25, 0.3) is 16.9 Å². The van der Waals surface area contributed by atoms with Crippen molar-refractivity contribution in [3.63, 3.8) is 0 Å². The number of amides is 1. The van der Waals surface area contributed by atoms with Gasteiger partial charge in [0, 0.05) is 33.0 Å². The lowest BCUT2D eigenvalue weighted by Gasteiger charge is -2.15. The number of aromatic nitrogens is 4. The van der Waals surface area contributed by atoms with Crippen molar-refractivity contribution in [1.82, 2.24) is 24.2 Å². The quantitative estimate of drug-likeness (QED) is 0.709. The van der Waals surface area contributed by atoms with E-state index in [1.165, 1.54) is 0 Å². The topological polar surface area (TPSA) is 73.0 Å². The first-order valence-corrected chi connectivity index (χ1v) is 9.34. The molecule has 1 aliphatic heterocycles. The average Bonchev–Trinajstić information content (AvgIpc) is 3.33. The molecule has 1 aliphatic rings. The maximum absolute atomic E-state index is 12.8. The van der Waals surface area contributed by atoms with Crippen molar-refractivity contribution >= 4 is 17.1 Å². The van der Waals surface area contributed by atoms with E-state index in [1.54, 1.807) is 16.3 Å². The Morgan fingerprint density at radius 3 is 2.56 bits per heavy atom. The van der Waals surface area contributed by atoms with E-state index in [2.05, 4.69) is 10.1 Å². The zero-order valence-electron chi connectivity index (χ0n) is 15.7. The molecule has 0 spiro atoms. The molecule has 7 heteroatoms. The maximum Gasteiger partial charge on any atom is 0.273 e. The molecular formula is C20H23N5O2. The van der Waals surface area contributed by atoms with Crippen molar-refractivity contribution < 1.29 is 4.79 Å². The largest absolute Gasteiger partial charge is 0.343 e. The summed E-state index contributed by atoms with van der Waals surface area (Å²) in [4.78, 5) is 31.6. The van der Waals surface area contributed by atoms with Crippen molar-refractivity contribution in [2.45, 2.75) is 32.6 Å². The summed E-state index contributed by atoms with van der Waals surface area (Å²) in [6, 6.07) is 9.69. The van der Waals surface area contributed by atoms with Crippen LogP contribution in [0.4, 0.5) is 0 Å². The zero-order chi connectivity index (χ0) is 19.0. The predicted molar refractivity (Wildman–Crippen MR) is 103 cm³/mol. The normalized spacial score (nSPS) is 14.2. The minimum atomic E-state index is -0.172. The highest BCUT2D eigenvalue weighted by atomic mass is 16.2. The SMILES string of the molecule is Cc1nn(-c2ccccc2)c2c1nc(CCC(=O)N1CCCC1)c(=O)n2C. The molecule has 1 saturated heterocycles. The van der Waals surface area contributed by atoms with Crippen LogP contribution >= 0.6 is 0 Å². The number of aryl methyl sites for hydroxylation is 3. The minimum absolute atomic E-state index is 0.105. The van der Waals surface area contributed by atoms with Crippen molar-refractivity contribution in [2.24, 2.45) is 7.05 Å². The molecule has 0 radical (unpaired) electrons. The summed E-state index contributed by atoms with van der Waals surface area (Å²) in [6.45, 7) is 3.54. The van der Waals surface area contributed by atoms with Gasteiger partial charge >= 0.3 is 0 Å². The molecule has 0 saturated carbocycles. The molecule has 0 unspecified atom stereocenters. The Kier molecular flexibility index (Phi) is 4.51. The summed E-state index contributed by atoms with van der Waals surface area (Å²) in [5, 5.41) is 4.58. The number of nitrogens with zero attached hydrogens (tertiary/aromatic N) is 5. The van der Waals surface area contributed by atoms with E-state index in [0.29, 0.717) is 29.7 Å². The molecule has 0 bridgehead atoms. The standard InChI is InChI=1S/C20H23N5O2/c1-14-18-19(25(22-14)15-8-4-3-5-9-15)23(2)20(27)16(21-18)10-11-17(26)24-12-6-7-13-24/h3-5,8-9H,6-7,10-13H2,1-2H3. The van der Waals surface area contributed by atoms with Gasteiger partial charge in [-0.15, -0.1) is 0 Å². The Bertz CT molecular complexity index is 1050. The monoisotopic (exact) mass is 365 g/mol. The third kappa shape index (κ3) is 3.13. The third-order valence-corrected chi connectivity index (χ3v) is 5.16. The van der Waals surface area contributed by atoms with Gasteiger partial charge in [0.05, 0.1) is 11.4 Å². The van der Waals surface area contributed by atoms with Gasteiger partial charge in [0.25, 0.3) is 5.56 Å². The number of carbonyl (C=O) groups excluding carboxylic acids is 1. The van der Waals surface area contributed by atoms with Gasteiger partial charge in [0.2, 0.25) is 5.91 Å². The van der Waals surface area contributed by atoms with Gasteiger partial charge in [-0.3, -0.25) is 14.2 Å². The smallest absolute Gasteiger partial charge is 0.273 e. The number of benzene rings is 1. The molecule has 1 fully saturated rings. The fourth-order valence-corrected chi connectivity index (χ4v) is 3.67. The second-order valence-electron chi connectivity index (χ2n) is 7.02. The Morgan fingerprint density at radius 2 is 1.85 bits per heavy atom. The summed E-state index contributed by atoms with van der Waals surface area (Å²) in [7, 11) is 1.73. The van der Waals surface area contributed by atoms with E-state index < -0.39 is 0 Å². The molecule has 2 aromatic heterocycles. The lowest BCUT2D eigenvalue weighted by molar-refractivity contribution is -0.130. The number of hydrogen-bond acceptors (Lipinski definition) is 4. The second-order valence-corrected chi connectivity index (χ2v) is 7.02. The van der Waals surface area contributed by atoms with Crippen molar-refractivity contribution in [3.8, 4) is 5.69 Å². The molecule has 4 rings (SSSR count). The van der Waals surface area contributed by atoms with Gasteiger partial charge in [-0.2, -0.15) is 5.10 Å². The minimum Gasteiger partial charge on any atom is -0.343 e. The van der Waals surface area contributed by atoms with Crippen LogP contribution in [0.5, 0.6) is 0 Å². The first-order chi connectivity index (χ1) is 13.1. The highest BCUT2D eigenvalue weighted by molar-refractivity contribution is 5.77. The van der Waals surface area contributed by atoms with Crippen LogP contribution in [0.15, 0.2) is 35.1 Å². The average molecular weight is 365 g/mol. The highest BCUT2D eigenvalue weighted by Gasteiger charge is 2.20. The molecule has 1 amide bonds. The lowest BCUT2D eigenvalue weighted by atomic mass is 10.2. The molecular weight excluding hydrogens is 342 g/mol. The molecule has 27 heavy (non-hydrogen) atoms. The first-order valence-electron chi connectivity index (χ1n) is 9.34. The van der Waals surface area contributed by atoms with Gasteiger partial charge in [0.1, 0.15) is 11.2 Å². The number of carbonyl (C=O) groups is 1. The molecule has 140 valence electrons.